The molecular formula is C31H43N3O2S. The summed E-state index contributed by atoms with van der Waals surface area (Å²) in [5.74, 6) is -0.218. The molecule has 0 fully saturated rings. The van der Waals surface area contributed by atoms with Crippen LogP contribution in [-0.4, -0.2) is 18.4 Å². The zero-order valence-corrected chi connectivity index (χ0v) is 23.1. The molecule has 200 valence electrons. The lowest BCUT2D eigenvalue weighted by molar-refractivity contribution is 0.0929. The van der Waals surface area contributed by atoms with Crippen LogP contribution in [0.5, 0.6) is 0 Å². The first kappa shape index (κ1) is 28.9. The van der Waals surface area contributed by atoms with Gasteiger partial charge in [0, 0.05) is 23.4 Å². The van der Waals surface area contributed by atoms with Crippen LogP contribution in [0.1, 0.15) is 110 Å². The van der Waals surface area contributed by atoms with Gasteiger partial charge in [0.05, 0.1) is 4.88 Å². The number of hydrogen-bond donors (Lipinski definition) is 3. The monoisotopic (exact) mass is 521 g/mol. The summed E-state index contributed by atoms with van der Waals surface area (Å²) in [7, 11) is 0. The standard InChI is InChI=1S/C31H43N3O2S/c1-2-3-4-5-6-7-8-9-10-11-12-15-22-33-34-30(35)26-20-18-25(19-21-26)24-32-31(36)29-23-27-16-13-14-17-28(27)37-29/h13-14,16-21,23,33H,2-12,15,22,24H2,1H3,(H,32,36)(H,34,35). The molecule has 0 atom stereocenters. The molecule has 3 rings (SSSR count). The fourth-order valence-electron chi connectivity index (χ4n) is 4.41. The van der Waals surface area contributed by atoms with Gasteiger partial charge in [0.25, 0.3) is 11.8 Å². The van der Waals surface area contributed by atoms with Gasteiger partial charge in [0.15, 0.2) is 0 Å². The molecule has 5 nitrogen and oxygen atoms in total. The SMILES string of the molecule is CCCCCCCCCCCCCCNNC(=O)c1ccc(CNC(=O)c2cc3ccccc3s2)cc1. The second-order valence-electron chi connectivity index (χ2n) is 9.80. The number of fused-ring (bicyclic) bond motifs is 1. The third-order valence-corrected chi connectivity index (χ3v) is 7.79. The Hall–Kier alpha value is -2.70. The van der Waals surface area contributed by atoms with Crippen molar-refractivity contribution in [3.05, 3.63) is 70.6 Å². The number of hydrazine groups is 1. The van der Waals surface area contributed by atoms with Gasteiger partial charge in [-0.3, -0.25) is 15.0 Å². The predicted octanol–water partition coefficient (Wildman–Crippen LogP) is 7.77. The number of hydrogen-bond acceptors (Lipinski definition) is 4. The Morgan fingerprint density at radius 3 is 2.00 bits per heavy atom. The minimum Gasteiger partial charge on any atom is -0.347 e. The molecular weight excluding hydrogens is 478 g/mol. The topological polar surface area (TPSA) is 70.2 Å². The number of carbonyl (C=O) groups excluding carboxylic acids is 2. The molecule has 0 saturated carbocycles. The van der Waals surface area contributed by atoms with Crippen LogP contribution in [0.3, 0.4) is 0 Å². The molecule has 3 N–H and O–H groups in total. The van der Waals surface area contributed by atoms with Crippen molar-refractivity contribution >= 4 is 33.2 Å². The minimum atomic E-state index is -0.139. The van der Waals surface area contributed by atoms with E-state index in [9.17, 15) is 9.59 Å². The number of unbranched alkanes of at least 4 members (excludes halogenated alkanes) is 11. The fourth-order valence-corrected chi connectivity index (χ4v) is 5.39. The van der Waals surface area contributed by atoms with E-state index >= 15 is 0 Å². The first-order chi connectivity index (χ1) is 18.2. The van der Waals surface area contributed by atoms with Crippen LogP contribution in [0.4, 0.5) is 0 Å². The third kappa shape index (κ3) is 10.7. The number of thiophene rings is 1. The molecule has 2 amide bonds. The van der Waals surface area contributed by atoms with E-state index in [4.69, 9.17) is 0 Å². The average Bonchev–Trinajstić information content (AvgIpc) is 3.37. The summed E-state index contributed by atoms with van der Waals surface area (Å²) in [6.45, 7) is 3.47. The number of benzene rings is 2. The summed E-state index contributed by atoms with van der Waals surface area (Å²) in [4.78, 5) is 25.6. The summed E-state index contributed by atoms with van der Waals surface area (Å²) >= 11 is 1.49. The molecule has 0 spiro atoms. The molecule has 2 aromatic carbocycles. The highest BCUT2D eigenvalue weighted by Crippen LogP contribution is 2.25. The highest BCUT2D eigenvalue weighted by molar-refractivity contribution is 7.20. The number of rotatable bonds is 18. The van der Waals surface area contributed by atoms with E-state index in [2.05, 4.69) is 23.1 Å². The van der Waals surface area contributed by atoms with Crippen LogP contribution in [0, 0.1) is 0 Å². The van der Waals surface area contributed by atoms with Gasteiger partial charge in [0.1, 0.15) is 0 Å². The van der Waals surface area contributed by atoms with E-state index in [-0.39, 0.29) is 11.8 Å². The lowest BCUT2D eigenvalue weighted by atomic mass is 10.1. The van der Waals surface area contributed by atoms with E-state index in [1.165, 1.54) is 82.0 Å². The van der Waals surface area contributed by atoms with Crippen molar-refractivity contribution < 1.29 is 9.59 Å². The summed E-state index contributed by atoms with van der Waals surface area (Å²) < 4.78 is 1.11. The van der Waals surface area contributed by atoms with Gasteiger partial charge in [-0.05, 0) is 41.6 Å². The second-order valence-corrected chi connectivity index (χ2v) is 10.9. The lowest BCUT2D eigenvalue weighted by Gasteiger charge is -2.08. The quantitative estimate of drug-likeness (QED) is 0.118. The molecule has 1 heterocycles. The summed E-state index contributed by atoms with van der Waals surface area (Å²) in [5.41, 5.74) is 7.39. The van der Waals surface area contributed by atoms with Gasteiger partial charge in [-0.2, -0.15) is 0 Å². The van der Waals surface area contributed by atoms with Gasteiger partial charge < -0.3 is 5.32 Å². The number of carbonyl (C=O) groups is 2. The molecule has 0 bridgehead atoms. The molecule has 0 aliphatic rings. The van der Waals surface area contributed by atoms with Crippen LogP contribution >= 0.6 is 11.3 Å². The molecule has 37 heavy (non-hydrogen) atoms. The Bertz CT molecular complexity index is 1040. The molecule has 0 radical (unpaired) electrons. The van der Waals surface area contributed by atoms with Crippen LogP contribution in [-0.2, 0) is 6.54 Å². The maximum Gasteiger partial charge on any atom is 0.265 e. The molecule has 0 aliphatic carbocycles. The Balaban J connectivity index is 1.22. The largest absolute Gasteiger partial charge is 0.347 e. The molecule has 3 aromatic rings. The number of nitrogens with one attached hydrogen (secondary N) is 3. The predicted molar refractivity (Wildman–Crippen MR) is 156 cm³/mol. The zero-order chi connectivity index (χ0) is 26.1. The van der Waals surface area contributed by atoms with E-state index < -0.39 is 0 Å². The van der Waals surface area contributed by atoms with Crippen molar-refractivity contribution in [1.29, 1.82) is 0 Å². The highest BCUT2D eigenvalue weighted by Gasteiger charge is 2.10. The molecule has 1 aromatic heterocycles. The first-order valence-electron chi connectivity index (χ1n) is 14.1. The van der Waals surface area contributed by atoms with E-state index in [0.717, 1.165) is 28.6 Å². The van der Waals surface area contributed by atoms with Crippen molar-refractivity contribution in [2.45, 2.75) is 90.5 Å². The summed E-state index contributed by atoms with van der Waals surface area (Å²) in [5, 5.41) is 4.05. The molecule has 6 heteroatoms. The normalized spacial score (nSPS) is 11.1. The summed E-state index contributed by atoms with van der Waals surface area (Å²) in [6.07, 6.45) is 15.9. The van der Waals surface area contributed by atoms with Crippen LogP contribution in [0.15, 0.2) is 54.6 Å². The maximum absolute atomic E-state index is 12.5. The Morgan fingerprint density at radius 1 is 0.730 bits per heavy atom. The summed E-state index contributed by atoms with van der Waals surface area (Å²) in [6, 6.07) is 17.3. The zero-order valence-electron chi connectivity index (χ0n) is 22.3. The van der Waals surface area contributed by atoms with Gasteiger partial charge in [-0.25, -0.2) is 5.43 Å². The van der Waals surface area contributed by atoms with Crippen molar-refractivity contribution in [2.24, 2.45) is 0 Å². The first-order valence-corrected chi connectivity index (χ1v) is 14.9. The van der Waals surface area contributed by atoms with E-state index in [1.54, 1.807) is 12.1 Å². The molecule has 0 saturated heterocycles. The average molecular weight is 522 g/mol. The van der Waals surface area contributed by atoms with E-state index in [1.807, 2.05) is 42.5 Å². The van der Waals surface area contributed by atoms with E-state index in [0.29, 0.717) is 17.0 Å². The number of amides is 2. The highest BCUT2D eigenvalue weighted by atomic mass is 32.1. The maximum atomic E-state index is 12.5. The van der Waals surface area contributed by atoms with Crippen LogP contribution < -0.4 is 16.2 Å². The van der Waals surface area contributed by atoms with Crippen molar-refractivity contribution in [3.63, 3.8) is 0 Å². The lowest BCUT2D eigenvalue weighted by Crippen LogP contribution is -2.37. The van der Waals surface area contributed by atoms with Crippen molar-refractivity contribution in [3.8, 4) is 0 Å². The fraction of sp³-hybridized carbons (Fsp3) is 0.484. The Morgan fingerprint density at radius 2 is 1.35 bits per heavy atom. The van der Waals surface area contributed by atoms with Crippen molar-refractivity contribution in [2.75, 3.05) is 6.54 Å². The second kappa shape index (κ2) is 16.9. The van der Waals surface area contributed by atoms with Gasteiger partial charge >= 0.3 is 0 Å². The van der Waals surface area contributed by atoms with Gasteiger partial charge in [-0.1, -0.05) is 108 Å². The van der Waals surface area contributed by atoms with Crippen LogP contribution in [0.25, 0.3) is 10.1 Å². The molecule has 0 aliphatic heterocycles. The Labute approximate surface area is 226 Å². The molecule has 0 unspecified atom stereocenters. The van der Waals surface area contributed by atoms with Gasteiger partial charge in [0.2, 0.25) is 0 Å². The smallest absolute Gasteiger partial charge is 0.265 e. The Kier molecular flexibility index (Phi) is 13.2. The third-order valence-electron chi connectivity index (χ3n) is 6.68. The minimum absolute atomic E-state index is 0.0787. The van der Waals surface area contributed by atoms with Gasteiger partial charge in [-0.15, -0.1) is 11.3 Å². The van der Waals surface area contributed by atoms with Crippen molar-refractivity contribution in [1.82, 2.24) is 16.2 Å². The van der Waals surface area contributed by atoms with Crippen LogP contribution in [0.2, 0.25) is 0 Å².